The third-order valence-electron chi connectivity index (χ3n) is 1.42. The van der Waals surface area contributed by atoms with Crippen molar-refractivity contribution >= 4 is 11.6 Å². The number of aromatic nitrogens is 2. The third-order valence-corrected chi connectivity index (χ3v) is 1.66. The van der Waals surface area contributed by atoms with E-state index in [1.165, 1.54) is 0 Å². The molecule has 0 spiro atoms. The summed E-state index contributed by atoms with van der Waals surface area (Å²) in [5, 5.41) is 7.94. The van der Waals surface area contributed by atoms with Crippen LogP contribution in [0.15, 0.2) is 12.4 Å². The quantitative estimate of drug-likeness (QED) is 0.627. The van der Waals surface area contributed by atoms with Crippen LogP contribution in [0.1, 0.15) is 5.82 Å². The molecule has 58 valence electrons. The second kappa shape index (κ2) is 3.40. The maximum Gasteiger partial charge on any atom is 0.138 e. The molecule has 4 heteroatoms. The first kappa shape index (κ1) is 8.09. The van der Waals surface area contributed by atoms with E-state index in [9.17, 15) is 0 Å². The van der Waals surface area contributed by atoms with E-state index in [-0.39, 0.29) is 0 Å². The van der Waals surface area contributed by atoms with Gasteiger partial charge in [-0.15, -0.1) is 11.6 Å². The molecule has 0 aromatic carbocycles. The predicted molar refractivity (Wildman–Crippen MR) is 42.2 cm³/mol. The highest BCUT2D eigenvalue weighted by molar-refractivity contribution is 6.22. The molecular formula is C7H8ClN3. The Bertz CT molecular complexity index is 273. The Labute approximate surface area is 70.2 Å². The molecule has 11 heavy (non-hydrogen) atoms. The minimum atomic E-state index is -0.470. The summed E-state index contributed by atoms with van der Waals surface area (Å²) in [6.07, 6.45) is 3.50. The highest BCUT2D eigenvalue weighted by Crippen LogP contribution is 2.01. The van der Waals surface area contributed by atoms with Gasteiger partial charge in [-0.05, 0) is 6.92 Å². The van der Waals surface area contributed by atoms with Gasteiger partial charge in [0.2, 0.25) is 0 Å². The van der Waals surface area contributed by atoms with Crippen LogP contribution in [0.3, 0.4) is 0 Å². The first-order valence-corrected chi connectivity index (χ1v) is 3.69. The maximum absolute atomic E-state index is 8.41. The van der Waals surface area contributed by atoms with E-state index in [1.54, 1.807) is 6.20 Å². The highest BCUT2D eigenvalue weighted by atomic mass is 35.5. The minimum Gasteiger partial charge on any atom is -0.333 e. The zero-order valence-electron chi connectivity index (χ0n) is 6.16. The van der Waals surface area contributed by atoms with Gasteiger partial charge >= 0.3 is 0 Å². The molecule has 0 aliphatic carbocycles. The zero-order chi connectivity index (χ0) is 8.27. The van der Waals surface area contributed by atoms with Crippen LogP contribution < -0.4 is 0 Å². The number of aryl methyl sites for hydroxylation is 1. The van der Waals surface area contributed by atoms with E-state index < -0.39 is 5.38 Å². The predicted octanol–water partition coefficient (Wildman–Crippen LogP) is 1.32. The fourth-order valence-electron chi connectivity index (χ4n) is 0.810. The van der Waals surface area contributed by atoms with Crippen molar-refractivity contribution in [1.82, 2.24) is 9.55 Å². The van der Waals surface area contributed by atoms with Crippen LogP contribution in [0.5, 0.6) is 0 Å². The SMILES string of the molecule is Cc1nccn1CC(Cl)C#N. The molecule has 1 aromatic heterocycles. The molecule has 0 saturated carbocycles. The number of hydrogen-bond acceptors (Lipinski definition) is 2. The van der Waals surface area contributed by atoms with Crippen molar-refractivity contribution in [3.63, 3.8) is 0 Å². The average Bonchev–Trinajstić information content (AvgIpc) is 2.37. The Morgan fingerprint density at radius 1 is 1.91 bits per heavy atom. The molecule has 1 heterocycles. The summed E-state index contributed by atoms with van der Waals surface area (Å²) < 4.78 is 1.85. The van der Waals surface area contributed by atoms with Gasteiger partial charge in [-0.25, -0.2) is 4.98 Å². The molecule has 0 bridgehead atoms. The number of hydrogen-bond donors (Lipinski definition) is 0. The Hall–Kier alpha value is -1.01. The Kier molecular flexibility index (Phi) is 2.50. The lowest BCUT2D eigenvalue weighted by molar-refractivity contribution is 0.694. The van der Waals surface area contributed by atoms with E-state index in [0.717, 1.165) is 5.82 Å². The molecule has 1 aromatic rings. The van der Waals surface area contributed by atoms with Crippen LogP contribution in [-0.2, 0) is 6.54 Å². The van der Waals surface area contributed by atoms with Gasteiger partial charge < -0.3 is 4.57 Å². The van der Waals surface area contributed by atoms with Gasteiger partial charge in [-0.1, -0.05) is 0 Å². The molecule has 3 nitrogen and oxygen atoms in total. The molecule has 0 aliphatic heterocycles. The zero-order valence-corrected chi connectivity index (χ0v) is 6.91. The molecule has 1 rings (SSSR count). The first-order chi connectivity index (χ1) is 5.24. The fourth-order valence-corrected chi connectivity index (χ4v) is 0.959. The molecule has 1 unspecified atom stereocenters. The summed E-state index contributed by atoms with van der Waals surface area (Å²) in [5.74, 6) is 0.880. The van der Waals surface area contributed by atoms with E-state index >= 15 is 0 Å². The van der Waals surface area contributed by atoms with E-state index in [4.69, 9.17) is 16.9 Å². The molecular weight excluding hydrogens is 162 g/mol. The van der Waals surface area contributed by atoms with E-state index in [0.29, 0.717) is 6.54 Å². The summed E-state index contributed by atoms with van der Waals surface area (Å²) >= 11 is 5.62. The summed E-state index contributed by atoms with van der Waals surface area (Å²) in [4.78, 5) is 4.00. The molecule has 0 aliphatic rings. The minimum absolute atomic E-state index is 0.470. The van der Waals surface area contributed by atoms with Crippen LogP contribution in [-0.4, -0.2) is 14.9 Å². The van der Waals surface area contributed by atoms with Gasteiger partial charge in [-0.2, -0.15) is 5.26 Å². The topological polar surface area (TPSA) is 41.6 Å². The lowest BCUT2D eigenvalue weighted by atomic mass is 10.4. The molecule has 0 fully saturated rings. The standard InChI is InChI=1S/C7H8ClN3/c1-6-10-2-3-11(6)5-7(8)4-9/h2-3,7H,5H2,1H3. The van der Waals surface area contributed by atoms with Crippen molar-refractivity contribution in [3.8, 4) is 6.07 Å². The van der Waals surface area contributed by atoms with Gasteiger partial charge in [0, 0.05) is 12.4 Å². The summed E-state index contributed by atoms with van der Waals surface area (Å²) in [7, 11) is 0. The number of nitrogens with zero attached hydrogens (tertiary/aromatic N) is 3. The number of alkyl halides is 1. The number of rotatable bonds is 2. The summed E-state index contributed by atoms with van der Waals surface area (Å²) in [6.45, 7) is 2.38. The normalized spacial score (nSPS) is 12.5. The third kappa shape index (κ3) is 1.95. The number of nitriles is 1. The van der Waals surface area contributed by atoms with E-state index in [2.05, 4.69) is 4.98 Å². The van der Waals surface area contributed by atoms with Crippen LogP contribution in [0.2, 0.25) is 0 Å². The van der Waals surface area contributed by atoms with Crippen LogP contribution in [0, 0.1) is 18.3 Å². The molecule has 1 atom stereocenters. The van der Waals surface area contributed by atoms with E-state index in [1.807, 2.05) is 23.8 Å². The van der Waals surface area contributed by atoms with Crippen LogP contribution >= 0.6 is 11.6 Å². The van der Waals surface area contributed by atoms with Crippen molar-refractivity contribution in [3.05, 3.63) is 18.2 Å². The maximum atomic E-state index is 8.41. The number of halogens is 1. The summed E-state index contributed by atoms with van der Waals surface area (Å²) in [5.41, 5.74) is 0. The van der Waals surface area contributed by atoms with Gasteiger partial charge in [0.25, 0.3) is 0 Å². The summed E-state index contributed by atoms with van der Waals surface area (Å²) in [6, 6.07) is 1.95. The van der Waals surface area contributed by atoms with Crippen molar-refractivity contribution in [1.29, 1.82) is 5.26 Å². The van der Waals surface area contributed by atoms with Gasteiger partial charge in [0.05, 0.1) is 12.6 Å². The Balaban J connectivity index is 2.66. The van der Waals surface area contributed by atoms with Gasteiger partial charge in [-0.3, -0.25) is 0 Å². The van der Waals surface area contributed by atoms with Crippen LogP contribution in [0.25, 0.3) is 0 Å². The largest absolute Gasteiger partial charge is 0.333 e. The first-order valence-electron chi connectivity index (χ1n) is 3.25. The molecule has 0 N–H and O–H groups in total. The lowest BCUT2D eigenvalue weighted by Gasteiger charge is -2.03. The smallest absolute Gasteiger partial charge is 0.138 e. The highest BCUT2D eigenvalue weighted by Gasteiger charge is 2.04. The fraction of sp³-hybridized carbons (Fsp3) is 0.429. The monoisotopic (exact) mass is 169 g/mol. The second-order valence-corrected chi connectivity index (χ2v) is 2.75. The molecule has 0 saturated heterocycles. The van der Waals surface area contributed by atoms with Crippen molar-refractivity contribution in [2.75, 3.05) is 0 Å². The van der Waals surface area contributed by atoms with Gasteiger partial charge in [0.15, 0.2) is 0 Å². The molecule has 0 amide bonds. The Morgan fingerprint density at radius 2 is 2.64 bits per heavy atom. The van der Waals surface area contributed by atoms with Crippen LogP contribution in [0.4, 0.5) is 0 Å². The molecule has 0 radical (unpaired) electrons. The van der Waals surface area contributed by atoms with Crippen molar-refractivity contribution in [2.24, 2.45) is 0 Å². The Morgan fingerprint density at radius 3 is 3.09 bits per heavy atom. The van der Waals surface area contributed by atoms with Gasteiger partial charge in [0.1, 0.15) is 11.2 Å². The van der Waals surface area contributed by atoms with Crippen molar-refractivity contribution < 1.29 is 0 Å². The van der Waals surface area contributed by atoms with Crippen molar-refractivity contribution in [2.45, 2.75) is 18.8 Å². The average molecular weight is 170 g/mol. The number of imidazole rings is 1. The second-order valence-electron chi connectivity index (χ2n) is 2.22. The lowest BCUT2D eigenvalue weighted by Crippen LogP contribution is -2.08.